The van der Waals surface area contributed by atoms with E-state index in [0.29, 0.717) is 30.3 Å². The van der Waals surface area contributed by atoms with Crippen LogP contribution in [0.4, 0.5) is 4.79 Å². The number of barbiturate groups is 1. The monoisotopic (exact) mass is 396 g/mol. The molecule has 0 aromatic heterocycles. The molecule has 8 heteroatoms. The van der Waals surface area contributed by atoms with E-state index in [4.69, 9.17) is 14.2 Å². The minimum atomic E-state index is -0.841. The molecule has 0 atom stereocenters. The quantitative estimate of drug-likeness (QED) is 0.423. The molecule has 1 saturated heterocycles. The van der Waals surface area contributed by atoms with Gasteiger partial charge in [0.05, 0.1) is 7.11 Å². The molecule has 2 aromatic rings. The average molecular weight is 396 g/mol. The summed E-state index contributed by atoms with van der Waals surface area (Å²) in [7, 11) is 1.49. The number of methoxy groups -OCH3 is 1. The van der Waals surface area contributed by atoms with E-state index in [-0.39, 0.29) is 5.57 Å². The van der Waals surface area contributed by atoms with Crippen molar-refractivity contribution in [2.24, 2.45) is 0 Å². The number of hydrogen-bond acceptors (Lipinski definition) is 6. The SMILES string of the molecule is COc1cc(C=C2C(=O)NC(=O)NC2=O)ccc1OCCOc1ccc(C)cc1. The number of urea groups is 1. The van der Waals surface area contributed by atoms with Crippen LogP contribution in [0.15, 0.2) is 48.0 Å². The number of carbonyl (C=O) groups is 3. The molecule has 4 amide bonds. The topological polar surface area (TPSA) is 103 Å². The van der Waals surface area contributed by atoms with E-state index in [2.05, 4.69) is 0 Å². The lowest BCUT2D eigenvalue weighted by Gasteiger charge is -2.15. The highest BCUT2D eigenvalue weighted by molar-refractivity contribution is 6.31. The fourth-order valence-electron chi connectivity index (χ4n) is 2.61. The number of imide groups is 2. The van der Waals surface area contributed by atoms with Gasteiger partial charge in [-0.3, -0.25) is 20.2 Å². The van der Waals surface area contributed by atoms with Gasteiger partial charge in [-0.15, -0.1) is 0 Å². The predicted octanol–water partition coefficient (Wildman–Crippen LogP) is 2.21. The van der Waals surface area contributed by atoms with Gasteiger partial charge in [-0.05, 0) is 42.8 Å². The first-order valence-electron chi connectivity index (χ1n) is 8.85. The standard InChI is InChI=1S/C21H20N2O6/c1-13-3-6-15(7-4-13)28-9-10-29-17-8-5-14(12-18(17)27-2)11-16-19(24)22-21(26)23-20(16)25/h3-8,11-12H,9-10H2,1-2H3,(H2,22,23,24,25,26). The van der Waals surface area contributed by atoms with E-state index in [1.165, 1.54) is 13.2 Å². The van der Waals surface area contributed by atoms with Crippen molar-refractivity contribution in [2.75, 3.05) is 20.3 Å². The van der Waals surface area contributed by atoms with Crippen molar-refractivity contribution in [3.8, 4) is 17.2 Å². The molecule has 0 aliphatic carbocycles. The van der Waals surface area contributed by atoms with E-state index < -0.39 is 17.8 Å². The maximum atomic E-state index is 11.8. The van der Waals surface area contributed by atoms with Crippen LogP contribution in [0.2, 0.25) is 0 Å². The first-order valence-corrected chi connectivity index (χ1v) is 8.85. The fourth-order valence-corrected chi connectivity index (χ4v) is 2.61. The van der Waals surface area contributed by atoms with E-state index in [1.54, 1.807) is 18.2 Å². The van der Waals surface area contributed by atoms with Gasteiger partial charge in [-0.1, -0.05) is 23.8 Å². The van der Waals surface area contributed by atoms with Gasteiger partial charge in [0.1, 0.15) is 24.5 Å². The molecule has 2 N–H and O–H groups in total. The largest absolute Gasteiger partial charge is 0.493 e. The molecule has 8 nitrogen and oxygen atoms in total. The molecule has 3 rings (SSSR count). The molecule has 1 aliphatic rings. The highest BCUT2D eigenvalue weighted by Gasteiger charge is 2.27. The van der Waals surface area contributed by atoms with Gasteiger partial charge in [0.15, 0.2) is 11.5 Å². The lowest BCUT2D eigenvalue weighted by molar-refractivity contribution is -0.123. The van der Waals surface area contributed by atoms with Crippen LogP contribution in [0.1, 0.15) is 11.1 Å². The molecule has 0 radical (unpaired) electrons. The van der Waals surface area contributed by atoms with Crippen LogP contribution in [0.3, 0.4) is 0 Å². The summed E-state index contributed by atoms with van der Waals surface area (Å²) in [5.74, 6) is 0.172. The van der Waals surface area contributed by atoms with E-state index in [9.17, 15) is 14.4 Å². The van der Waals surface area contributed by atoms with Crippen molar-refractivity contribution >= 4 is 23.9 Å². The second-order valence-electron chi connectivity index (χ2n) is 6.22. The van der Waals surface area contributed by atoms with Gasteiger partial charge in [-0.2, -0.15) is 0 Å². The maximum Gasteiger partial charge on any atom is 0.328 e. The summed E-state index contributed by atoms with van der Waals surface area (Å²) in [6, 6.07) is 11.8. The molecule has 1 fully saturated rings. The highest BCUT2D eigenvalue weighted by Crippen LogP contribution is 2.29. The number of benzene rings is 2. The van der Waals surface area contributed by atoms with Crippen LogP contribution in [-0.2, 0) is 9.59 Å². The Morgan fingerprint density at radius 2 is 1.52 bits per heavy atom. The average Bonchev–Trinajstić information content (AvgIpc) is 2.70. The number of nitrogens with one attached hydrogen (secondary N) is 2. The lowest BCUT2D eigenvalue weighted by Crippen LogP contribution is -2.51. The van der Waals surface area contributed by atoms with E-state index in [1.807, 2.05) is 41.8 Å². The van der Waals surface area contributed by atoms with Crippen molar-refractivity contribution in [1.29, 1.82) is 0 Å². The first-order chi connectivity index (χ1) is 14.0. The van der Waals surface area contributed by atoms with Gasteiger partial charge >= 0.3 is 6.03 Å². The summed E-state index contributed by atoms with van der Waals surface area (Å²) >= 11 is 0. The molecule has 0 bridgehead atoms. The molecular formula is C21H20N2O6. The van der Waals surface area contributed by atoms with Crippen LogP contribution in [0.25, 0.3) is 6.08 Å². The Kier molecular flexibility index (Phi) is 6.13. The van der Waals surface area contributed by atoms with E-state index >= 15 is 0 Å². The van der Waals surface area contributed by atoms with Crippen LogP contribution in [0, 0.1) is 6.92 Å². The maximum absolute atomic E-state index is 11.8. The van der Waals surface area contributed by atoms with E-state index in [0.717, 1.165) is 11.3 Å². The molecule has 150 valence electrons. The Bertz CT molecular complexity index is 944. The third kappa shape index (κ3) is 5.13. The van der Waals surface area contributed by atoms with Crippen LogP contribution < -0.4 is 24.8 Å². The predicted molar refractivity (Wildman–Crippen MR) is 105 cm³/mol. The summed E-state index contributed by atoms with van der Waals surface area (Å²) in [5.41, 5.74) is 1.52. The smallest absolute Gasteiger partial charge is 0.328 e. The van der Waals surface area contributed by atoms with Gasteiger partial charge in [0.25, 0.3) is 11.8 Å². The summed E-state index contributed by atoms with van der Waals surface area (Å²) in [6.07, 6.45) is 1.36. The zero-order valence-corrected chi connectivity index (χ0v) is 16.0. The molecule has 0 saturated carbocycles. The number of carbonyl (C=O) groups excluding carboxylic acids is 3. The Morgan fingerprint density at radius 1 is 0.862 bits per heavy atom. The van der Waals surface area contributed by atoms with Crippen molar-refractivity contribution in [3.63, 3.8) is 0 Å². The first kappa shape index (κ1) is 19.9. The Hall–Kier alpha value is -3.81. The zero-order valence-electron chi connectivity index (χ0n) is 16.0. The number of aryl methyl sites for hydroxylation is 1. The molecule has 29 heavy (non-hydrogen) atoms. The van der Waals surface area contributed by atoms with Crippen LogP contribution in [0.5, 0.6) is 17.2 Å². The normalized spacial score (nSPS) is 13.4. The minimum Gasteiger partial charge on any atom is -0.493 e. The third-order valence-corrected chi connectivity index (χ3v) is 4.07. The summed E-state index contributed by atoms with van der Waals surface area (Å²) in [4.78, 5) is 34.8. The highest BCUT2D eigenvalue weighted by atomic mass is 16.5. The summed E-state index contributed by atoms with van der Waals surface area (Å²) in [6.45, 7) is 2.66. The molecule has 1 heterocycles. The van der Waals surface area contributed by atoms with Crippen LogP contribution in [-0.4, -0.2) is 38.2 Å². The summed E-state index contributed by atoms with van der Waals surface area (Å²) < 4.78 is 16.6. The van der Waals surface area contributed by atoms with Gasteiger partial charge in [0.2, 0.25) is 0 Å². The number of amides is 4. The van der Waals surface area contributed by atoms with Gasteiger partial charge in [-0.25, -0.2) is 4.79 Å². The Labute approximate surface area is 167 Å². The number of ether oxygens (including phenoxy) is 3. The Balaban J connectivity index is 1.63. The van der Waals surface area contributed by atoms with Crippen LogP contribution >= 0.6 is 0 Å². The molecule has 2 aromatic carbocycles. The number of hydrogen-bond donors (Lipinski definition) is 2. The van der Waals surface area contributed by atoms with Gasteiger partial charge < -0.3 is 14.2 Å². The van der Waals surface area contributed by atoms with Crippen molar-refractivity contribution in [3.05, 3.63) is 59.2 Å². The molecular weight excluding hydrogens is 376 g/mol. The lowest BCUT2D eigenvalue weighted by atomic mass is 10.1. The molecule has 1 aliphatic heterocycles. The number of rotatable bonds is 7. The molecule has 0 spiro atoms. The van der Waals surface area contributed by atoms with Crippen molar-refractivity contribution in [1.82, 2.24) is 10.6 Å². The zero-order chi connectivity index (χ0) is 20.8. The van der Waals surface area contributed by atoms with Crippen molar-refractivity contribution < 1.29 is 28.6 Å². The fraction of sp³-hybridized carbons (Fsp3) is 0.190. The Morgan fingerprint density at radius 3 is 2.17 bits per heavy atom. The molecule has 0 unspecified atom stereocenters. The minimum absolute atomic E-state index is 0.174. The summed E-state index contributed by atoms with van der Waals surface area (Å²) in [5, 5.41) is 4.05. The second kappa shape index (κ2) is 8.92. The second-order valence-corrected chi connectivity index (χ2v) is 6.22. The van der Waals surface area contributed by atoms with Crippen molar-refractivity contribution in [2.45, 2.75) is 6.92 Å². The van der Waals surface area contributed by atoms with Gasteiger partial charge in [0, 0.05) is 0 Å². The third-order valence-electron chi connectivity index (χ3n) is 4.07.